The van der Waals surface area contributed by atoms with Crippen molar-refractivity contribution < 1.29 is 19.6 Å². The van der Waals surface area contributed by atoms with Crippen LogP contribution < -0.4 is 0 Å². The highest BCUT2D eigenvalue weighted by molar-refractivity contribution is 6.34. The molecule has 1 unspecified atom stereocenters. The van der Waals surface area contributed by atoms with E-state index in [1.54, 1.807) is 13.8 Å². The summed E-state index contributed by atoms with van der Waals surface area (Å²) in [6.07, 6.45) is -0.252. The van der Waals surface area contributed by atoms with E-state index in [0.29, 0.717) is 0 Å². The fraction of sp³-hybridized carbons (Fsp3) is 0.385. The number of amides is 1. The van der Waals surface area contributed by atoms with E-state index in [1.807, 2.05) is 0 Å². The molecule has 0 radical (unpaired) electrons. The van der Waals surface area contributed by atoms with Crippen LogP contribution in [0.25, 0.3) is 0 Å². The van der Waals surface area contributed by atoms with Crippen molar-refractivity contribution in [3.05, 3.63) is 38.9 Å². The van der Waals surface area contributed by atoms with E-state index >= 15 is 0 Å². The van der Waals surface area contributed by atoms with Crippen molar-refractivity contribution in [2.45, 2.75) is 26.3 Å². The molecule has 1 rings (SSSR count). The molecule has 1 amide bonds. The lowest BCUT2D eigenvalue weighted by molar-refractivity contribution is -0.385. The van der Waals surface area contributed by atoms with Gasteiger partial charge in [0, 0.05) is 18.7 Å². The van der Waals surface area contributed by atoms with Crippen molar-refractivity contribution in [3.8, 4) is 0 Å². The van der Waals surface area contributed by atoms with E-state index in [0.717, 1.165) is 0 Å². The predicted octanol–water partition coefficient (Wildman–Crippen LogP) is 2.57. The van der Waals surface area contributed by atoms with Gasteiger partial charge in [0.15, 0.2) is 0 Å². The van der Waals surface area contributed by atoms with Crippen molar-refractivity contribution in [2.75, 3.05) is 6.54 Å². The summed E-state index contributed by atoms with van der Waals surface area (Å²) in [5, 5.41) is 19.8. The molecule has 0 fully saturated rings. The second-order valence-electron chi connectivity index (χ2n) is 4.43. The van der Waals surface area contributed by atoms with Crippen molar-refractivity contribution in [1.29, 1.82) is 0 Å². The first kappa shape index (κ1) is 16.9. The Hall–Kier alpha value is -2.15. The Kier molecular flexibility index (Phi) is 5.66. The van der Waals surface area contributed by atoms with Gasteiger partial charge in [-0.1, -0.05) is 17.7 Å². The Balaban J connectivity index is 3.22. The molecule has 0 heterocycles. The Morgan fingerprint density at radius 2 is 2.10 bits per heavy atom. The van der Waals surface area contributed by atoms with Crippen molar-refractivity contribution in [1.82, 2.24) is 4.90 Å². The number of aliphatic carboxylic acids is 1. The molecule has 0 bridgehead atoms. The van der Waals surface area contributed by atoms with Gasteiger partial charge < -0.3 is 10.0 Å². The highest BCUT2D eigenvalue weighted by Crippen LogP contribution is 2.28. The van der Waals surface area contributed by atoms with Crippen molar-refractivity contribution >= 4 is 29.2 Å². The number of rotatable bonds is 6. The molecule has 1 aromatic rings. The lowest BCUT2D eigenvalue weighted by Gasteiger charge is -2.27. The van der Waals surface area contributed by atoms with Gasteiger partial charge in [-0.2, -0.15) is 0 Å². The maximum atomic E-state index is 12.5. The van der Waals surface area contributed by atoms with Gasteiger partial charge in [-0.05, 0) is 19.9 Å². The monoisotopic (exact) mass is 314 g/mol. The SMILES string of the molecule is CCN(C(=O)c1c(Cl)cccc1[N+](=O)[O-])C(C)CC(=O)O. The molecule has 1 N–H and O–H groups in total. The van der Waals surface area contributed by atoms with Gasteiger partial charge in [-0.3, -0.25) is 19.7 Å². The van der Waals surface area contributed by atoms with Gasteiger partial charge in [-0.15, -0.1) is 0 Å². The number of nitro benzene ring substituents is 1. The summed E-state index contributed by atoms with van der Waals surface area (Å²) in [6.45, 7) is 3.45. The smallest absolute Gasteiger partial charge is 0.305 e. The highest BCUT2D eigenvalue weighted by atomic mass is 35.5. The Labute approximate surface area is 126 Å². The van der Waals surface area contributed by atoms with Crippen LogP contribution in [0, 0.1) is 10.1 Å². The van der Waals surface area contributed by atoms with Crippen LogP contribution in [0.5, 0.6) is 0 Å². The zero-order chi connectivity index (χ0) is 16.2. The second-order valence-corrected chi connectivity index (χ2v) is 4.84. The van der Waals surface area contributed by atoms with Crippen molar-refractivity contribution in [3.63, 3.8) is 0 Å². The van der Waals surface area contributed by atoms with E-state index in [9.17, 15) is 19.7 Å². The van der Waals surface area contributed by atoms with E-state index in [4.69, 9.17) is 16.7 Å². The van der Waals surface area contributed by atoms with E-state index in [1.165, 1.54) is 23.1 Å². The lowest BCUT2D eigenvalue weighted by Crippen LogP contribution is -2.40. The van der Waals surface area contributed by atoms with E-state index < -0.39 is 28.5 Å². The minimum atomic E-state index is -1.05. The molecule has 0 saturated carbocycles. The van der Waals surface area contributed by atoms with Gasteiger partial charge in [0.2, 0.25) is 0 Å². The number of benzene rings is 1. The fourth-order valence-electron chi connectivity index (χ4n) is 2.04. The maximum Gasteiger partial charge on any atom is 0.305 e. The normalized spacial score (nSPS) is 11.8. The van der Waals surface area contributed by atoms with Crippen LogP contribution in [0.2, 0.25) is 5.02 Å². The third kappa shape index (κ3) is 3.91. The minimum absolute atomic E-state index is 0.0322. The Bertz CT molecular complexity index is 576. The summed E-state index contributed by atoms with van der Waals surface area (Å²) < 4.78 is 0. The third-order valence-electron chi connectivity index (χ3n) is 3.01. The standard InChI is InChI=1S/C13H15ClN2O5/c1-3-15(8(2)7-11(17)18)13(19)12-9(14)5-4-6-10(12)16(20)21/h4-6,8H,3,7H2,1-2H3,(H,17,18). The van der Waals surface area contributed by atoms with Gasteiger partial charge in [-0.25, -0.2) is 0 Å². The van der Waals surface area contributed by atoms with Gasteiger partial charge in [0.1, 0.15) is 5.56 Å². The average Bonchev–Trinajstić information content (AvgIpc) is 2.37. The molecule has 7 nitrogen and oxygen atoms in total. The molecule has 21 heavy (non-hydrogen) atoms. The Morgan fingerprint density at radius 1 is 1.48 bits per heavy atom. The predicted molar refractivity (Wildman–Crippen MR) is 76.5 cm³/mol. The number of carbonyl (C=O) groups excluding carboxylic acids is 1. The van der Waals surface area contributed by atoms with Gasteiger partial charge >= 0.3 is 5.97 Å². The summed E-state index contributed by atoms with van der Waals surface area (Å²) in [7, 11) is 0. The zero-order valence-corrected chi connectivity index (χ0v) is 12.3. The second kappa shape index (κ2) is 7.03. The quantitative estimate of drug-likeness (QED) is 0.642. The van der Waals surface area contributed by atoms with Crippen LogP contribution in [0.4, 0.5) is 5.69 Å². The average molecular weight is 315 g/mol. The van der Waals surface area contributed by atoms with Crippen LogP contribution in [0.15, 0.2) is 18.2 Å². The lowest BCUT2D eigenvalue weighted by atomic mass is 10.1. The number of nitrogens with zero attached hydrogens (tertiary/aromatic N) is 2. The first-order valence-corrected chi connectivity index (χ1v) is 6.63. The Morgan fingerprint density at radius 3 is 2.57 bits per heavy atom. The van der Waals surface area contributed by atoms with Crippen LogP contribution in [0.3, 0.4) is 0 Å². The number of nitro groups is 1. The number of halogens is 1. The van der Waals surface area contributed by atoms with Crippen molar-refractivity contribution in [2.24, 2.45) is 0 Å². The molecule has 0 aliphatic heterocycles. The van der Waals surface area contributed by atoms with Crippen LogP contribution in [-0.2, 0) is 4.79 Å². The van der Waals surface area contributed by atoms with Crippen LogP contribution >= 0.6 is 11.6 Å². The molecule has 0 aliphatic carbocycles. The molecule has 1 atom stereocenters. The summed E-state index contributed by atoms with van der Waals surface area (Å²) in [4.78, 5) is 34.8. The number of carboxylic acids is 1. The zero-order valence-electron chi connectivity index (χ0n) is 11.6. The molecular formula is C13H15ClN2O5. The largest absolute Gasteiger partial charge is 0.481 e. The number of hydrogen-bond donors (Lipinski definition) is 1. The molecular weight excluding hydrogens is 300 g/mol. The maximum absolute atomic E-state index is 12.5. The van der Waals surface area contributed by atoms with Crippen LogP contribution in [-0.4, -0.2) is 39.4 Å². The highest BCUT2D eigenvalue weighted by Gasteiger charge is 2.29. The molecule has 0 aromatic heterocycles. The fourth-order valence-corrected chi connectivity index (χ4v) is 2.29. The van der Waals surface area contributed by atoms with Crippen LogP contribution in [0.1, 0.15) is 30.6 Å². The molecule has 1 aromatic carbocycles. The molecule has 114 valence electrons. The summed E-state index contributed by atoms with van der Waals surface area (Å²) in [5.41, 5.74) is -0.614. The van der Waals surface area contributed by atoms with E-state index in [-0.39, 0.29) is 23.6 Å². The molecule has 0 spiro atoms. The topological polar surface area (TPSA) is 101 Å². The number of carboxylic acid groups (broad SMARTS) is 1. The number of hydrogen-bond acceptors (Lipinski definition) is 4. The third-order valence-corrected chi connectivity index (χ3v) is 3.32. The summed E-state index contributed by atoms with van der Waals surface area (Å²) in [5.74, 6) is -1.70. The summed E-state index contributed by atoms with van der Waals surface area (Å²) in [6, 6.07) is 3.36. The van der Waals surface area contributed by atoms with Gasteiger partial charge in [0.05, 0.1) is 16.4 Å². The first-order chi connectivity index (χ1) is 9.79. The molecule has 8 heteroatoms. The van der Waals surface area contributed by atoms with E-state index in [2.05, 4.69) is 0 Å². The molecule has 0 aliphatic rings. The molecule has 0 saturated heterocycles. The summed E-state index contributed by atoms with van der Waals surface area (Å²) >= 11 is 5.91. The minimum Gasteiger partial charge on any atom is -0.481 e. The van der Waals surface area contributed by atoms with Gasteiger partial charge in [0.25, 0.3) is 11.6 Å². The first-order valence-electron chi connectivity index (χ1n) is 6.25. The number of carbonyl (C=O) groups is 2.